The maximum atomic E-state index is 12.2. The molecule has 0 aromatic heterocycles. The van der Waals surface area contributed by atoms with Crippen LogP contribution in [0.3, 0.4) is 0 Å². The number of aliphatic hydroxyl groups is 1. The van der Waals surface area contributed by atoms with Gasteiger partial charge in [-0.05, 0) is 19.8 Å². The molecule has 4 unspecified atom stereocenters. The van der Waals surface area contributed by atoms with Gasteiger partial charge in [0.05, 0.1) is 12.6 Å². The summed E-state index contributed by atoms with van der Waals surface area (Å²) in [6, 6.07) is -3.09. The summed E-state index contributed by atoms with van der Waals surface area (Å²) in [6.45, 7) is 1.32. The van der Waals surface area contributed by atoms with E-state index in [0.29, 0.717) is 19.4 Å². The van der Waals surface area contributed by atoms with E-state index in [-0.39, 0.29) is 12.3 Å². The predicted molar refractivity (Wildman–Crippen MR) is 90.8 cm³/mol. The number of aliphatic hydroxyl groups excluding tert-OH is 1. The summed E-state index contributed by atoms with van der Waals surface area (Å²) in [5.74, 6) is -3.02. The number of aliphatic carboxylic acids is 1. The number of carboxylic acids is 1. The summed E-state index contributed by atoms with van der Waals surface area (Å²) in [7, 11) is 0. The van der Waals surface area contributed by atoms with Crippen molar-refractivity contribution in [1.29, 1.82) is 0 Å². The second-order valence-corrected chi connectivity index (χ2v) is 6.18. The molecule has 0 aliphatic carbocycles. The first-order chi connectivity index (χ1) is 11.7. The molecule has 0 aromatic carbocycles. The number of likely N-dealkylation sites (tertiary alicyclic amines) is 1. The molecule has 3 amide bonds. The van der Waals surface area contributed by atoms with Crippen molar-refractivity contribution in [2.24, 2.45) is 5.73 Å². The van der Waals surface area contributed by atoms with Crippen LogP contribution in [0.15, 0.2) is 0 Å². The standard InChI is InChI=1S/C14H24N4O6S/c1-7(19)11(15)13(22)16-5-10(20)18-4-2-3-9(18)12(21)17-8(6-25)14(23)24/h7-9,11,19,25H,2-6,15H2,1H3,(H,16,22)(H,17,21)(H,23,24). The molecule has 25 heavy (non-hydrogen) atoms. The first kappa shape index (κ1) is 21.2. The van der Waals surface area contributed by atoms with Crippen LogP contribution in [0.4, 0.5) is 0 Å². The van der Waals surface area contributed by atoms with Gasteiger partial charge in [-0.3, -0.25) is 14.4 Å². The summed E-state index contributed by atoms with van der Waals surface area (Å²) >= 11 is 3.87. The molecule has 142 valence electrons. The van der Waals surface area contributed by atoms with Crippen LogP contribution in [0.2, 0.25) is 0 Å². The van der Waals surface area contributed by atoms with Gasteiger partial charge in [0.15, 0.2) is 0 Å². The lowest BCUT2D eigenvalue weighted by molar-refractivity contribution is -0.143. The maximum Gasteiger partial charge on any atom is 0.327 e. The van der Waals surface area contributed by atoms with Crippen LogP contribution in [0.1, 0.15) is 19.8 Å². The van der Waals surface area contributed by atoms with Crippen molar-refractivity contribution < 1.29 is 29.4 Å². The third kappa shape index (κ3) is 5.87. The number of nitrogens with two attached hydrogens (primary N) is 1. The molecular weight excluding hydrogens is 352 g/mol. The number of thiol groups is 1. The molecule has 1 aliphatic rings. The largest absolute Gasteiger partial charge is 0.480 e. The van der Waals surface area contributed by atoms with E-state index < -0.39 is 47.9 Å². The van der Waals surface area contributed by atoms with Crippen molar-refractivity contribution in [2.45, 2.75) is 44.0 Å². The third-order valence-electron chi connectivity index (χ3n) is 3.91. The minimum absolute atomic E-state index is 0.0744. The fourth-order valence-electron chi connectivity index (χ4n) is 2.39. The Kier molecular flexibility index (Phi) is 8.13. The number of nitrogens with one attached hydrogen (secondary N) is 2. The van der Waals surface area contributed by atoms with Crippen molar-refractivity contribution in [1.82, 2.24) is 15.5 Å². The zero-order valence-corrected chi connectivity index (χ0v) is 14.7. The number of hydrogen-bond donors (Lipinski definition) is 6. The Labute approximate surface area is 150 Å². The second-order valence-electron chi connectivity index (χ2n) is 5.81. The zero-order chi connectivity index (χ0) is 19.1. The monoisotopic (exact) mass is 376 g/mol. The fraction of sp³-hybridized carbons (Fsp3) is 0.714. The van der Waals surface area contributed by atoms with Gasteiger partial charge < -0.3 is 31.5 Å². The number of amides is 3. The summed E-state index contributed by atoms with van der Waals surface area (Å²) < 4.78 is 0. The molecule has 1 rings (SSSR count). The Morgan fingerprint density at radius 1 is 1.36 bits per heavy atom. The highest BCUT2D eigenvalue weighted by atomic mass is 32.1. The van der Waals surface area contributed by atoms with E-state index in [1.54, 1.807) is 0 Å². The average Bonchev–Trinajstić information content (AvgIpc) is 3.05. The Balaban J connectivity index is 2.61. The summed E-state index contributed by atoms with van der Waals surface area (Å²) in [4.78, 5) is 48.4. The molecule has 10 nitrogen and oxygen atoms in total. The molecule has 0 radical (unpaired) electrons. The molecule has 1 heterocycles. The lowest BCUT2D eigenvalue weighted by atomic mass is 10.2. The molecule has 1 saturated heterocycles. The normalized spacial score (nSPS) is 20.5. The lowest BCUT2D eigenvalue weighted by Crippen LogP contribution is -2.54. The topological polar surface area (TPSA) is 162 Å². The van der Waals surface area contributed by atoms with Gasteiger partial charge in [-0.15, -0.1) is 0 Å². The Bertz CT molecular complexity index is 529. The van der Waals surface area contributed by atoms with Crippen LogP contribution < -0.4 is 16.4 Å². The Morgan fingerprint density at radius 3 is 2.52 bits per heavy atom. The van der Waals surface area contributed by atoms with E-state index >= 15 is 0 Å². The fourth-order valence-corrected chi connectivity index (χ4v) is 2.64. The van der Waals surface area contributed by atoms with Crippen LogP contribution in [0.5, 0.6) is 0 Å². The van der Waals surface area contributed by atoms with Gasteiger partial charge in [0.25, 0.3) is 0 Å². The number of carbonyl (C=O) groups excluding carboxylic acids is 3. The minimum Gasteiger partial charge on any atom is -0.480 e. The molecular formula is C14H24N4O6S. The van der Waals surface area contributed by atoms with E-state index in [4.69, 9.17) is 10.8 Å². The van der Waals surface area contributed by atoms with Crippen molar-refractivity contribution in [3.63, 3.8) is 0 Å². The quantitative estimate of drug-likeness (QED) is 0.251. The van der Waals surface area contributed by atoms with Gasteiger partial charge in [-0.25, -0.2) is 4.79 Å². The van der Waals surface area contributed by atoms with Crippen LogP contribution in [0.25, 0.3) is 0 Å². The van der Waals surface area contributed by atoms with E-state index in [0.717, 1.165) is 0 Å². The molecule has 6 N–H and O–H groups in total. The highest BCUT2D eigenvalue weighted by molar-refractivity contribution is 7.80. The van der Waals surface area contributed by atoms with Gasteiger partial charge >= 0.3 is 5.97 Å². The number of carbonyl (C=O) groups is 4. The molecule has 0 saturated carbocycles. The SMILES string of the molecule is CC(O)C(N)C(=O)NCC(=O)N1CCCC1C(=O)NC(CS)C(=O)O. The van der Waals surface area contributed by atoms with Gasteiger partial charge in [-0.1, -0.05) is 0 Å². The third-order valence-corrected chi connectivity index (χ3v) is 4.27. The van der Waals surface area contributed by atoms with Crippen LogP contribution in [0, 0.1) is 0 Å². The molecule has 1 aliphatic heterocycles. The van der Waals surface area contributed by atoms with Crippen LogP contribution in [-0.4, -0.2) is 81.9 Å². The summed E-state index contributed by atoms with van der Waals surface area (Å²) in [6.07, 6.45) is -0.0733. The van der Waals surface area contributed by atoms with E-state index in [1.165, 1.54) is 11.8 Å². The molecule has 1 fully saturated rings. The smallest absolute Gasteiger partial charge is 0.327 e. The van der Waals surface area contributed by atoms with Crippen molar-refractivity contribution in [3.8, 4) is 0 Å². The van der Waals surface area contributed by atoms with Crippen molar-refractivity contribution >= 4 is 36.3 Å². The van der Waals surface area contributed by atoms with Crippen molar-refractivity contribution in [3.05, 3.63) is 0 Å². The minimum atomic E-state index is -1.21. The number of rotatable bonds is 8. The first-order valence-electron chi connectivity index (χ1n) is 7.83. The number of carboxylic acid groups (broad SMARTS) is 1. The van der Waals surface area contributed by atoms with E-state index in [2.05, 4.69) is 23.3 Å². The van der Waals surface area contributed by atoms with Gasteiger partial charge in [-0.2, -0.15) is 12.6 Å². The van der Waals surface area contributed by atoms with Gasteiger partial charge in [0.1, 0.15) is 18.1 Å². The molecule has 0 spiro atoms. The number of nitrogens with zero attached hydrogens (tertiary/aromatic N) is 1. The zero-order valence-electron chi connectivity index (χ0n) is 13.8. The lowest BCUT2D eigenvalue weighted by Gasteiger charge is -2.25. The summed E-state index contributed by atoms with van der Waals surface area (Å²) in [5.41, 5.74) is 5.46. The molecule has 0 aromatic rings. The highest BCUT2D eigenvalue weighted by Crippen LogP contribution is 2.17. The Morgan fingerprint density at radius 2 is 2.00 bits per heavy atom. The molecule has 4 atom stereocenters. The highest BCUT2D eigenvalue weighted by Gasteiger charge is 2.35. The molecule has 11 heteroatoms. The van der Waals surface area contributed by atoms with E-state index in [9.17, 15) is 24.3 Å². The maximum absolute atomic E-state index is 12.2. The molecule has 0 bridgehead atoms. The van der Waals surface area contributed by atoms with Gasteiger partial charge in [0.2, 0.25) is 17.7 Å². The van der Waals surface area contributed by atoms with Gasteiger partial charge in [0, 0.05) is 12.3 Å². The average molecular weight is 376 g/mol. The number of hydrogen-bond acceptors (Lipinski definition) is 7. The van der Waals surface area contributed by atoms with Crippen LogP contribution >= 0.6 is 12.6 Å². The Hall–Kier alpha value is -1.85. The first-order valence-corrected chi connectivity index (χ1v) is 8.47. The van der Waals surface area contributed by atoms with E-state index in [1.807, 2.05) is 0 Å². The van der Waals surface area contributed by atoms with Crippen molar-refractivity contribution in [2.75, 3.05) is 18.8 Å². The summed E-state index contributed by atoms with van der Waals surface area (Å²) in [5, 5.41) is 22.9. The van der Waals surface area contributed by atoms with Crippen LogP contribution in [-0.2, 0) is 19.2 Å². The predicted octanol–water partition coefficient (Wildman–Crippen LogP) is -2.70. The second kappa shape index (κ2) is 9.59.